The number of hydrogen-bond donors (Lipinski definition) is 1. The van der Waals surface area contributed by atoms with Gasteiger partial charge in [-0.05, 0) is 31.2 Å². The summed E-state index contributed by atoms with van der Waals surface area (Å²) < 4.78 is 20.1. The van der Waals surface area contributed by atoms with E-state index in [9.17, 15) is 9.18 Å². The quantitative estimate of drug-likeness (QED) is 0.873. The van der Waals surface area contributed by atoms with Gasteiger partial charge >= 0.3 is 5.97 Å². The van der Waals surface area contributed by atoms with E-state index < -0.39 is 12.1 Å². The first-order valence-electron chi connectivity index (χ1n) is 6.20. The maximum atomic E-state index is 13.1. The van der Waals surface area contributed by atoms with Crippen LogP contribution in [0, 0.1) is 5.82 Å². The zero-order chi connectivity index (χ0) is 13.8. The van der Waals surface area contributed by atoms with E-state index in [2.05, 4.69) is 0 Å². The Balaban J connectivity index is 2.11. The van der Waals surface area contributed by atoms with Crippen LogP contribution in [0.3, 0.4) is 0 Å². The average Bonchev–Trinajstić information content (AvgIpc) is 2.76. The first-order chi connectivity index (χ1) is 9.11. The molecule has 0 saturated heterocycles. The smallest absolute Gasteiger partial charge is 0.332 e. The van der Waals surface area contributed by atoms with Gasteiger partial charge in [0.1, 0.15) is 5.82 Å². The average molecular weight is 265 g/mol. The molecular weight excluding hydrogens is 249 g/mol. The van der Waals surface area contributed by atoms with Gasteiger partial charge in [0.25, 0.3) is 0 Å². The van der Waals surface area contributed by atoms with Gasteiger partial charge in [0.05, 0.1) is 0 Å². The predicted molar refractivity (Wildman–Crippen MR) is 69.6 cm³/mol. The number of carboxylic acids is 1. The predicted octanol–water partition coefficient (Wildman–Crippen LogP) is 2.66. The highest BCUT2D eigenvalue weighted by atomic mass is 19.1. The summed E-state index contributed by atoms with van der Waals surface area (Å²) in [5.74, 6) is -1.23. The monoisotopic (exact) mass is 265 g/mol. The molecule has 1 unspecified atom stereocenters. The molecular formula is C14H16FNO3. The zero-order valence-corrected chi connectivity index (χ0v) is 10.7. The number of halogens is 1. The van der Waals surface area contributed by atoms with Crippen molar-refractivity contribution in [3.63, 3.8) is 0 Å². The molecule has 1 aromatic heterocycles. The van der Waals surface area contributed by atoms with Crippen molar-refractivity contribution in [2.45, 2.75) is 26.0 Å². The third kappa shape index (κ3) is 3.12. The Labute approximate surface area is 110 Å². The highest BCUT2D eigenvalue weighted by Gasteiger charge is 2.17. The van der Waals surface area contributed by atoms with Crippen LogP contribution < -0.4 is 0 Å². The second kappa shape index (κ2) is 5.84. The molecule has 19 heavy (non-hydrogen) atoms. The zero-order valence-electron chi connectivity index (χ0n) is 10.7. The Morgan fingerprint density at radius 2 is 2.26 bits per heavy atom. The van der Waals surface area contributed by atoms with E-state index in [0.29, 0.717) is 19.6 Å². The minimum absolute atomic E-state index is 0.275. The second-order valence-corrected chi connectivity index (χ2v) is 4.28. The lowest BCUT2D eigenvalue weighted by molar-refractivity contribution is -0.150. The van der Waals surface area contributed by atoms with Gasteiger partial charge in [0.15, 0.2) is 6.10 Å². The Bertz CT molecular complexity index is 579. The lowest BCUT2D eigenvalue weighted by atomic mass is 10.2. The van der Waals surface area contributed by atoms with Crippen LogP contribution in [-0.4, -0.2) is 28.4 Å². The number of carbonyl (C=O) groups is 1. The molecule has 0 bridgehead atoms. The van der Waals surface area contributed by atoms with Gasteiger partial charge < -0.3 is 14.4 Å². The van der Waals surface area contributed by atoms with Crippen LogP contribution in [0.15, 0.2) is 30.5 Å². The summed E-state index contributed by atoms with van der Waals surface area (Å²) in [6.07, 6.45) is 1.40. The van der Waals surface area contributed by atoms with Crippen LogP contribution in [0.2, 0.25) is 0 Å². The second-order valence-electron chi connectivity index (χ2n) is 4.28. The van der Waals surface area contributed by atoms with Gasteiger partial charge in [-0.15, -0.1) is 0 Å². The van der Waals surface area contributed by atoms with Crippen LogP contribution >= 0.6 is 0 Å². The third-order valence-corrected chi connectivity index (χ3v) is 3.01. The number of benzene rings is 1. The summed E-state index contributed by atoms with van der Waals surface area (Å²) in [4.78, 5) is 11.0. The molecule has 0 amide bonds. The number of ether oxygens (including phenoxy) is 1. The maximum Gasteiger partial charge on any atom is 0.332 e. The first-order valence-corrected chi connectivity index (χ1v) is 6.20. The van der Waals surface area contributed by atoms with Crippen molar-refractivity contribution in [2.24, 2.45) is 0 Å². The van der Waals surface area contributed by atoms with Crippen molar-refractivity contribution in [3.8, 4) is 0 Å². The molecule has 0 aliphatic rings. The van der Waals surface area contributed by atoms with Crippen molar-refractivity contribution >= 4 is 16.9 Å². The Hall–Kier alpha value is -1.88. The van der Waals surface area contributed by atoms with Crippen LogP contribution in [0.1, 0.15) is 13.3 Å². The van der Waals surface area contributed by atoms with Gasteiger partial charge in [0.2, 0.25) is 0 Å². The largest absolute Gasteiger partial charge is 0.479 e. The van der Waals surface area contributed by atoms with E-state index in [-0.39, 0.29) is 5.82 Å². The molecule has 1 aromatic carbocycles. The maximum absolute atomic E-state index is 13.1. The first kappa shape index (κ1) is 13.5. The molecule has 0 saturated carbocycles. The summed E-state index contributed by atoms with van der Waals surface area (Å²) in [6.45, 7) is 2.66. The molecule has 0 fully saturated rings. The number of nitrogens with zero attached hydrogens (tertiary/aromatic N) is 1. The Morgan fingerprint density at radius 1 is 1.47 bits per heavy atom. The fourth-order valence-corrected chi connectivity index (χ4v) is 2.10. The molecule has 4 nitrogen and oxygen atoms in total. The van der Waals surface area contributed by atoms with E-state index in [0.717, 1.165) is 10.9 Å². The van der Waals surface area contributed by atoms with Crippen LogP contribution in [0.4, 0.5) is 4.39 Å². The van der Waals surface area contributed by atoms with E-state index >= 15 is 0 Å². The summed E-state index contributed by atoms with van der Waals surface area (Å²) in [5.41, 5.74) is 0.891. The van der Waals surface area contributed by atoms with Crippen molar-refractivity contribution in [1.29, 1.82) is 0 Å². The summed E-state index contributed by atoms with van der Waals surface area (Å²) in [6, 6.07) is 6.37. The molecule has 0 spiro atoms. The van der Waals surface area contributed by atoms with Gasteiger partial charge in [-0.1, -0.05) is 0 Å². The number of rotatable bonds is 6. The van der Waals surface area contributed by atoms with Gasteiger partial charge in [-0.3, -0.25) is 0 Å². The molecule has 2 rings (SSSR count). The molecule has 102 valence electrons. The minimum Gasteiger partial charge on any atom is -0.479 e. The number of aryl methyl sites for hydroxylation is 1. The lowest BCUT2D eigenvalue weighted by Gasteiger charge is -2.13. The third-order valence-electron chi connectivity index (χ3n) is 3.01. The molecule has 1 atom stereocenters. The summed E-state index contributed by atoms with van der Waals surface area (Å²) in [7, 11) is 0. The van der Waals surface area contributed by atoms with Gasteiger partial charge in [-0.2, -0.15) is 0 Å². The molecule has 1 N–H and O–H groups in total. The summed E-state index contributed by atoms with van der Waals surface area (Å²) >= 11 is 0. The van der Waals surface area contributed by atoms with E-state index in [1.165, 1.54) is 12.1 Å². The molecule has 1 heterocycles. The normalized spacial score (nSPS) is 12.7. The molecule has 0 radical (unpaired) electrons. The number of fused-ring (bicyclic) bond motifs is 1. The number of hydrogen-bond acceptors (Lipinski definition) is 2. The van der Waals surface area contributed by atoms with Crippen LogP contribution in [0.5, 0.6) is 0 Å². The molecule has 5 heteroatoms. The van der Waals surface area contributed by atoms with Crippen molar-refractivity contribution in [3.05, 3.63) is 36.3 Å². The van der Waals surface area contributed by atoms with E-state index in [4.69, 9.17) is 9.84 Å². The molecule has 2 aromatic rings. The molecule has 0 aliphatic carbocycles. The molecule has 0 aliphatic heterocycles. The Kier molecular flexibility index (Phi) is 4.16. The van der Waals surface area contributed by atoms with E-state index in [1.54, 1.807) is 13.0 Å². The number of aliphatic carboxylic acids is 1. The van der Waals surface area contributed by atoms with Gasteiger partial charge in [0, 0.05) is 36.7 Å². The number of aromatic nitrogens is 1. The highest BCUT2D eigenvalue weighted by Crippen LogP contribution is 2.18. The van der Waals surface area contributed by atoms with E-state index in [1.807, 2.05) is 16.8 Å². The fourth-order valence-electron chi connectivity index (χ4n) is 2.10. The summed E-state index contributed by atoms with van der Waals surface area (Å²) in [5, 5.41) is 9.81. The number of carboxylic acid groups (broad SMARTS) is 1. The Morgan fingerprint density at radius 3 is 2.95 bits per heavy atom. The van der Waals surface area contributed by atoms with Gasteiger partial charge in [-0.25, -0.2) is 9.18 Å². The highest BCUT2D eigenvalue weighted by molar-refractivity contribution is 5.80. The fraction of sp³-hybridized carbons (Fsp3) is 0.357. The van der Waals surface area contributed by atoms with Crippen molar-refractivity contribution in [1.82, 2.24) is 4.57 Å². The lowest BCUT2D eigenvalue weighted by Crippen LogP contribution is -2.25. The topological polar surface area (TPSA) is 51.5 Å². The van der Waals surface area contributed by atoms with Crippen molar-refractivity contribution in [2.75, 3.05) is 6.61 Å². The van der Waals surface area contributed by atoms with Crippen LogP contribution in [0.25, 0.3) is 10.9 Å². The SMILES string of the molecule is CCOC(CCn1ccc2cc(F)ccc21)C(=O)O. The van der Waals surface area contributed by atoms with Crippen LogP contribution in [-0.2, 0) is 16.1 Å². The van der Waals surface area contributed by atoms with Crippen molar-refractivity contribution < 1.29 is 19.0 Å². The minimum atomic E-state index is -0.954. The standard InChI is InChI=1S/C14H16FNO3/c1-2-19-13(14(17)18)6-8-16-7-5-10-9-11(15)3-4-12(10)16/h3-5,7,9,13H,2,6,8H2,1H3,(H,17,18).